The van der Waals surface area contributed by atoms with Gasteiger partial charge in [-0.2, -0.15) is 0 Å². The van der Waals surface area contributed by atoms with Crippen molar-refractivity contribution in [2.24, 2.45) is 0 Å². The second-order valence-electron chi connectivity index (χ2n) is 3.21. The number of carboxylic acids is 1. The van der Waals surface area contributed by atoms with Crippen LogP contribution in [0.25, 0.3) is 17.0 Å². The Morgan fingerprint density at radius 2 is 2.19 bits per heavy atom. The van der Waals surface area contributed by atoms with Crippen LogP contribution in [-0.2, 0) is 4.79 Å². The first-order chi connectivity index (χ1) is 7.68. The van der Waals surface area contributed by atoms with E-state index < -0.39 is 5.97 Å². The molecule has 0 fully saturated rings. The van der Waals surface area contributed by atoms with Gasteiger partial charge < -0.3 is 5.11 Å². The first kappa shape index (κ1) is 10.8. The van der Waals surface area contributed by atoms with Crippen molar-refractivity contribution in [1.82, 2.24) is 4.98 Å². The van der Waals surface area contributed by atoms with Crippen LogP contribution in [0.4, 0.5) is 0 Å². The van der Waals surface area contributed by atoms with Crippen LogP contribution in [0.5, 0.6) is 0 Å². The predicted octanol–water partition coefficient (Wildman–Crippen LogP) is 3.10. The van der Waals surface area contributed by atoms with Gasteiger partial charge in [0.1, 0.15) is 0 Å². The number of fused-ring (bicyclic) bond motifs is 1. The van der Waals surface area contributed by atoms with E-state index in [2.05, 4.69) is 20.9 Å². The lowest BCUT2D eigenvalue weighted by molar-refractivity contribution is -0.131. The Morgan fingerprint density at radius 3 is 2.94 bits per heavy atom. The van der Waals surface area contributed by atoms with Crippen molar-refractivity contribution in [3.05, 3.63) is 46.6 Å². The van der Waals surface area contributed by atoms with Gasteiger partial charge in [0.05, 0.1) is 5.52 Å². The molecule has 1 heterocycles. The van der Waals surface area contributed by atoms with Crippen molar-refractivity contribution in [3.63, 3.8) is 0 Å². The molecule has 0 atom stereocenters. The molecule has 2 aromatic rings. The molecular formula is C12H8BrNO2. The Bertz CT molecular complexity index is 578. The first-order valence-corrected chi connectivity index (χ1v) is 5.42. The van der Waals surface area contributed by atoms with Gasteiger partial charge in [-0.25, -0.2) is 4.79 Å². The van der Waals surface area contributed by atoms with Gasteiger partial charge in [0.15, 0.2) is 0 Å². The van der Waals surface area contributed by atoms with E-state index in [-0.39, 0.29) is 0 Å². The fourth-order valence-electron chi connectivity index (χ4n) is 1.46. The van der Waals surface area contributed by atoms with E-state index in [1.54, 1.807) is 12.3 Å². The van der Waals surface area contributed by atoms with Crippen LogP contribution in [0.15, 0.2) is 41.0 Å². The zero-order chi connectivity index (χ0) is 11.5. The van der Waals surface area contributed by atoms with Crippen molar-refractivity contribution in [2.75, 3.05) is 0 Å². The monoisotopic (exact) mass is 277 g/mol. The lowest BCUT2D eigenvalue weighted by atomic mass is 10.1. The Labute approximate surface area is 101 Å². The Kier molecular flexibility index (Phi) is 3.01. The van der Waals surface area contributed by atoms with E-state index in [1.807, 2.05) is 24.3 Å². The lowest BCUT2D eigenvalue weighted by Crippen LogP contribution is -1.88. The predicted molar refractivity (Wildman–Crippen MR) is 66.1 cm³/mol. The highest BCUT2D eigenvalue weighted by Gasteiger charge is 2.02. The molecule has 0 radical (unpaired) electrons. The summed E-state index contributed by atoms with van der Waals surface area (Å²) in [5.41, 5.74) is 1.58. The van der Waals surface area contributed by atoms with E-state index in [0.29, 0.717) is 0 Å². The summed E-state index contributed by atoms with van der Waals surface area (Å²) in [5, 5.41) is 9.55. The summed E-state index contributed by atoms with van der Waals surface area (Å²) in [7, 11) is 0. The average Bonchev–Trinajstić information content (AvgIpc) is 2.28. The molecule has 1 aromatic heterocycles. The van der Waals surface area contributed by atoms with Gasteiger partial charge >= 0.3 is 5.97 Å². The topological polar surface area (TPSA) is 50.2 Å². The second kappa shape index (κ2) is 4.45. The quantitative estimate of drug-likeness (QED) is 0.859. The van der Waals surface area contributed by atoms with Crippen LogP contribution >= 0.6 is 15.9 Å². The molecule has 0 spiro atoms. The van der Waals surface area contributed by atoms with Crippen LogP contribution in [-0.4, -0.2) is 16.1 Å². The third-order valence-electron chi connectivity index (χ3n) is 2.15. The van der Waals surface area contributed by atoms with Gasteiger partial charge in [0.2, 0.25) is 0 Å². The fraction of sp³-hybridized carbons (Fsp3) is 0. The number of aromatic nitrogens is 1. The van der Waals surface area contributed by atoms with Crippen molar-refractivity contribution < 1.29 is 9.90 Å². The number of carboxylic acid groups (broad SMARTS) is 1. The standard InChI is InChI=1S/C12H8BrNO2/c13-10-5-3-8(4-6-11(15)16)12-9(10)2-1-7-14-12/h1-7H,(H,15,16)/b6-4+. The molecule has 4 heteroatoms. The molecule has 0 amide bonds. The molecule has 2 rings (SSSR count). The summed E-state index contributed by atoms with van der Waals surface area (Å²) >= 11 is 3.43. The Morgan fingerprint density at radius 1 is 1.38 bits per heavy atom. The van der Waals surface area contributed by atoms with Gasteiger partial charge in [0, 0.05) is 27.7 Å². The first-order valence-electron chi connectivity index (χ1n) is 4.63. The SMILES string of the molecule is O=C(O)/C=C/c1ccc(Br)c2cccnc12. The molecule has 0 bridgehead atoms. The minimum absolute atomic E-state index is 0.786. The van der Waals surface area contributed by atoms with E-state index in [9.17, 15) is 4.79 Å². The second-order valence-corrected chi connectivity index (χ2v) is 4.06. The summed E-state index contributed by atoms with van der Waals surface area (Å²) in [6.07, 6.45) is 4.34. The zero-order valence-electron chi connectivity index (χ0n) is 8.22. The van der Waals surface area contributed by atoms with Crippen LogP contribution < -0.4 is 0 Å². The molecule has 0 saturated heterocycles. The zero-order valence-corrected chi connectivity index (χ0v) is 9.81. The summed E-state index contributed by atoms with van der Waals surface area (Å²) in [5.74, 6) is -0.966. The third-order valence-corrected chi connectivity index (χ3v) is 2.84. The number of carbonyl (C=O) groups is 1. The number of hydrogen-bond acceptors (Lipinski definition) is 2. The highest BCUT2D eigenvalue weighted by Crippen LogP contribution is 2.25. The summed E-state index contributed by atoms with van der Waals surface area (Å²) in [4.78, 5) is 14.7. The molecule has 0 aliphatic heterocycles. The number of rotatable bonds is 2. The summed E-state index contributed by atoms with van der Waals surface area (Å²) in [6, 6.07) is 7.49. The molecule has 1 aromatic carbocycles. The van der Waals surface area contributed by atoms with E-state index >= 15 is 0 Å². The molecular weight excluding hydrogens is 270 g/mol. The molecule has 0 aliphatic rings. The van der Waals surface area contributed by atoms with Crippen LogP contribution in [0.3, 0.4) is 0 Å². The molecule has 3 nitrogen and oxygen atoms in total. The van der Waals surface area contributed by atoms with E-state index in [1.165, 1.54) is 0 Å². The summed E-state index contributed by atoms with van der Waals surface area (Å²) in [6.45, 7) is 0. The Balaban J connectivity index is 2.63. The van der Waals surface area contributed by atoms with Crippen molar-refractivity contribution in [2.45, 2.75) is 0 Å². The highest BCUT2D eigenvalue weighted by molar-refractivity contribution is 9.10. The molecule has 0 aliphatic carbocycles. The van der Waals surface area contributed by atoms with Gasteiger partial charge in [-0.05, 0) is 18.2 Å². The maximum atomic E-state index is 10.5. The Hall–Kier alpha value is -1.68. The van der Waals surface area contributed by atoms with Crippen LogP contribution in [0, 0.1) is 0 Å². The normalized spacial score (nSPS) is 11.1. The number of benzene rings is 1. The number of pyridine rings is 1. The molecule has 1 N–H and O–H groups in total. The number of aliphatic carboxylic acids is 1. The number of hydrogen-bond donors (Lipinski definition) is 1. The smallest absolute Gasteiger partial charge is 0.328 e. The van der Waals surface area contributed by atoms with Gasteiger partial charge in [-0.15, -0.1) is 0 Å². The minimum atomic E-state index is -0.966. The lowest BCUT2D eigenvalue weighted by Gasteiger charge is -2.02. The number of halogens is 1. The van der Waals surface area contributed by atoms with Crippen LogP contribution in [0.1, 0.15) is 5.56 Å². The molecule has 0 unspecified atom stereocenters. The maximum absolute atomic E-state index is 10.5. The van der Waals surface area contributed by atoms with Crippen molar-refractivity contribution >= 4 is 38.9 Å². The van der Waals surface area contributed by atoms with Crippen LogP contribution in [0.2, 0.25) is 0 Å². The van der Waals surface area contributed by atoms with Gasteiger partial charge in [-0.1, -0.05) is 28.1 Å². The largest absolute Gasteiger partial charge is 0.478 e. The molecule has 0 saturated carbocycles. The van der Waals surface area contributed by atoms with Crippen molar-refractivity contribution in [3.8, 4) is 0 Å². The van der Waals surface area contributed by atoms with E-state index in [0.717, 1.165) is 27.0 Å². The van der Waals surface area contributed by atoms with Gasteiger partial charge in [-0.3, -0.25) is 4.98 Å². The molecule has 80 valence electrons. The van der Waals surface area contributed by atoms with E-state index in [4.69, 9.17) is 5.11 Å². The fourth-order valence-corrected chi connectivity index (χ4v) is 1.91. The minimum Gasteiger partial charge on any atom is -0.478 e. The number of nitrogens with zero attached hydrogens (tertiary/aromatic N) is 1. The highest BCUT2D eigenvalue weighted by atomic mass is 79.9. The third kappa shape index (κ3) is 2.12. The average molecular weight is 278 g/mol. The molecule has 16 heavy (non-hydrogen) atoms. The maximum Gasteiger partial charge on any atom is 0.328 e. The van der Waals surface area contributed by atoms with Gasteiger partial charge in [0.25, 0.3) is 0 Å². The summed E-state index contributed by atoms with van der Waals surface area (Å²) < 4.78 is 0.947. The van der Waals surface area contributed by atoms with Crippen molar-refractivity contribution in [1.29, 1.82) is 0 Å².